The highest BCUT2D eigenvalue weighted by Crippen LogP contribution is 2.43. The molecule has 138 valence electrons. The molecule has 2 aromatic rings. The number of rotatable bonds is 5. The van der Waals surface area contributed by atoms with Crippen LogP contribution in [-0.2, 0) is 6.61 Å². The monoisotopic (exact) mass is 361 g/mol. The number of aromatic nitrogens is 2. The van der Waals surface area contributed by atoms with Crippen molar-refractivity contribution in [3.8, 4) is 0 Å². The highest BCUT2D eigenvalue weighted by Gasteiger charge is 2.35. The zero-order valence-electron chi connectivity index (χ0n) is 14.2. The number of nitro benzene ring substituents is 2. The van der Waals surface area contributed by atoms with Gasteiger partial charge in [0, 0.05) is 37.1 Å². The third-order valence-electron chi connectivity index (χ3n) is 4.84. The third kappa shape index (κ3) is 3.10. The molecule has 0 unspecified atom stereocenters. The van der Waals surface area contributed by atoms with Crippen LogP contribution in [0.4, 0.5) is 17.1 Å². The van der Waals surface area contributed by atoms with Gasteiger partial charge >= 0.3 is 5.69 Å². The highest BCUT2D eigenvalue weighted by molar-refractivity contribution is 5.79. The maximum atomic E-state index is 11.6. The molecule has 1 aromatic carbocycles. The van der Waals surface area contributed by atoms with E-state index in [9.17, 15) is 25.3 Å². The Balaban J connectivity index is 2.00. The zero-order chi connectivity index (χ0) is 18.8. The third-order valence-corrected chi connectivity index (χ3v) is 4.84. The van der Waals surface area contributed by atoms with Gasteiger partial charge in [-0.15, -0.1) is 0 Å². The molecule has 0 atom stereocenters. The van der Waals surface area contributed by atoms with Crippen molar-refractivity contribution < 1.29 is 15.0 Å². The molecule has 26 heavy (non-hydrogen) atoms. The summed E-state index contributed by atoms with van der Waals surface area (Å²) >= 11 is 0. The number of anilines is 1. The van der Waals surface area contributed by atoms with Crippen LogP contribution in [0.3, 0.4) is 0 Å². The Morgan fingerprint density at radius 2 is 1.96 bits per heavy atom. The van der Waals surface area contributed by atoms with E-state index in [1.54, 1.807) is 11.1 Å². The van der Waals surface area contributed by atoms with Crippen LogP contribution >= 0.6 is 0 Å². The minimum absolute atomic E-state index is 0.0219. The summed E-state index contributed by atoms with van der Waals surface area (Å²) in [6.45, 7) is 1.91. The first-order chi connectivity index (χ1) is 12.4. The average molecular weight is 361 g/mol. The number of hydrogen-bond donors (Lipinski definition) is 1. The second kappa shape index (κ2) is 7.08. The molecule has 0 spiro atoms. The highest BCUT2D eigenvalue weighted by atomic mass is 16.6. The van der Waals surface area contributed by atoms with Crippen molar-refractivity contribution in [2.75, 3.05) is 18.0 Å². The molecule has 1 aliphatic heterocycles. The van der Waals surface area contributed by atoms with Crippen molar-refractivity contribution in [2.24, 2.45) is 0 Å². The molecule has 10 heteroatoms. The Kier molecular flexibility index (Phi) is 4.85. The molecule has 2 heterocycles. The molecular formula is C16H19N5O5. The molecule has 1 fully saturated rings. The summed E-state index contributed by atoms with van der Waals surface area (Å²) in [4.78, 5) is 23.6. The molecular weight excluding hydrogens is 342 g/mol. The molecule has 10 nitrogen and oxygen atoms in total. The molecule has 0 amide bonds. The first-order valence-corrected chi connectivity index (χ1v) is 8.24. The van der Waals surface area contributed by atoms with Gasteiger partial charge in [-0.25, -0.2) is 0 Å². The van der Waals surface area contributed by atoms with Gasteiger partial charge in [-0.2, -0.15) is 5.10 Å². The quantitative estimate of drug-likeness (QED) is 0.639. The SMILES string of the molecule is Cc1c(CO)cc([N+](=O)[O-])c(N2CCC(n3cccn3)CC2)c1[N+](=O)[O-]. The normalized spacial score (nSPS) is 15.2. The van der Waals surface area contributed by atoms with E-state index in [1.807, 2.05) is 16.9 Å². The van der Waals surface area contributed by atoms with Crippen molar-refractivity contribution in [1.82, 2.24) is 9.78 Å². The fourth-order valence-electron chi connectivity index (χ4n) is 3.48. The van der Waals surface area contributed by atoms with E-state index in [-0.39, 0.29) is 34.2 Å². The van der Waals surface area contributed by atoms with Crippen LogP contribution in [0.2, 0.25) is 0 Å². The number of aliphatic hydroxyl groups excluding tert-OH is 1. The standard InChI is InChI=1S/C16H19N5O5/c1-11-12(10-22)9-14(20(23)24)16(15(11)21(25)26)18-7-3-13(4-8-18)19-6-2-5-17-19/h2,5-6,9,13,22H,3-4,7-8,10H2,1H3. The average Bonchev–Trinajstić information content (AvgIpc) is 3.15. The molecule has 3 rings (SSSR count). The lowest BCUT2D eigenvalue weighted by Crippen LogP contribution is -2.35. The summed E-state index contributed by atoms with van der Waals surface area (Å²) in [6, 6.07) is 3.23. The molecule has 0 aliphatic carbocycles. The van der Waals surface area contributed by atoms with Gasteiger partial charge in [0.25, 0.3) is 5.69 Å². The second-order valence-corrected chi connectivity index (χ2v) is 6.25. The van der Waals surface area contributed by atoms with Crippen LogP contribution in [0, 0.1) is 27.2 Å². The number of nitrogens with zero attached hydrogens (tertiary/aromatic N) is 5. The van der Waals surface area contributed by atoms with E-state index in [0.29, 0.717) is 25.9 Å². The van der Waals surface area contributed by atoms with E-state index >= 15 is 0 Å². The van der Waals surface area contributed by atoms with Gasteiger partial charge < -0.3 is 10.0 Å². The molecule has 0 radical (unpaired) electrons. The number of hydrogen-bond acceptors (Lipinski definition) is 7. The van der Waals surface area contributed by atoms with Crippen LogP contribution in [0.25, 0.3) is 0 Å². The molecule has 0 bridgehead atoms. The fraction of sp³-hybridized carbons (Fsp3) is 0.438. The topological polar surface area (TPSA) is 128 Å². The first-order valence-electron chi connectivity index (χ1n) is 8.24. The van der Waals surface area contributed by atoms with Crippen molar-refractivity contribution in [3.63, 3.8) is 0 Å². The van der Waals surface area contributed by atoms with Crippen molar-refractivity contribution in [2.45, 2.75) is 32.4 Å². The zero-order valence-corrected chi connectivity index (χ0v) is 14.2. The smallest absolute Gasteiger partial charge is 0.302 e. The van der Waals surface area contributed by atoms with Gasteiger partial charge in [0.1, 0.15) is 0 Å². The maximum Gasteiger partial charge on any atom is 0.302 e. The van der Waals surface area contributed by atoms with Crippen LogP contribution < -0.4 is 4.90 Å². The Bertz CT molecular complexity index is 828. The van der Waals surface area contributed by atoms with Crippen molar-refractivity contribution >= 4 is 17.1 Å². The van der Waals surface area contributed by atoms with Gasteiger partial charge in [0.2, 0.25) is 0 Å². The van der Waals surface area contributed by atoms with Crippen LogP contribution in [0.5, 0.6) is 0 Å². The van der Waals surface area contributed by atoms with E-state index in [2.05, 4.69) is 5.10 Å². The van der Waals surface area contributed by atoms with Gasteiger partial charge in [0.05, 0.1) is 22.5 Å². The Labute approximate surface area is 149 Å². The van der Waals surface area contributed by atoms with Crippen LogP contribution in [-0.4, -0.2) is 37.8 Å². The predicted molar refractivity (Wildman–Crippen MR) is 93.1 cm³/mol. The van der Waals surface area contributed by atoms with Crippen LogP contribution in [0.15, 0.2) is 24.5 Å². The van der Waals surface area contributed by atoms with E-state index in [0.717, 1.165) is 0 Å². The number of nitro groups is 2. The van der Waals surface area contributed by atoms with Gasteiger partial charge in [0.15, 0.2) is 5.69 Å². The van der Waals surface area contributed by atoms with Gasteiger partial charge in [-0.1, -0.05) is 0 Å². The van der Waals surface area contributed by atoms with Gasteiger partial charge in [-0.3, -0.25) is 24.9 Å². The predicted octanol–water partition coefficient (Wildman–Crippen LogP) is 2.34. The summed E-state index contributed by atoms with van der Waals surface area (Å²) in [5.74, 6) is 0. The summed E-state index contributed by atoms with van der Waals surface area (Å²) in [5, 5.41) is 36.8. The number of piperidine rings is 1. The molecule has 1 saturated heterocycles. The van der Waals surface area contributed by atoms with E-state index in [4.69, 9.17) is 0 Å². The fourth-order valence-corrected chi connectivity index (χ4v) is 3.48. The Hall–Kier alpha value is -3.01. The Morgan fingerprint density at radius 3 is 2.46 bits per heavy atom. The maximum absolute atomic E-state index is 11.6. The number of aliphatic hydroxyl groups is 1. The summed E-state index contributed by atoms with van der Waals surface area (Å²) in [7, 11) is 0. The van der Waals surface area contributed by atoms with E-state index < -0.39 is 16.5 Å². The number of benzene rings is 1. The summed E-state index contributed by atoms with van der Waals surface area (Å²) in [6.07, 6.45) is 4.91. The lowest BCUT2D eigenvalue weighted by molar-refractivity contribution is -0.393. The lowest BCUT2D eigenvalue weighted by Gasteiger charge is -2.33. The van der Waals surface area contributed by atoms with Crippen molar-refractivity contribution in [3.05, 3.63) is 55.9 Å². The van der Waals surface area contributed by atoms with Crippen molar-refractivity contribution in [1.29, 1.82) is 0 Å². The molecule has 1 aromatic heterocycles. The molecule has 0 saturated carbocycles. The largest absolute Gasteiger partial charge is 0.392 e. The summed E-state index contributed by atoms with van der Waals surface area (Å²) < 4.78 is 1.85. The van der Waals surface area contributed by atoms with E-state index in [1.165, 1.54) is 13.0 Å². The van der Waals surface area contributed by atoms with Crippen LogP contribution in [0.1, 0.15) is 30.0 Å². The van der Waals surface area contributed by atoms with Gasteiger partial charge in [-0.05, 0) is 31.4 Å². The molecule has 1 N–H and O–H groups in total. The second-order valence-electron chi connectivity index (χ2n) is 6.25. The Morgan fingerprint density at radius 1 is 1.27 bits per heavy atom. The minimum Gasteiger partial charge on any atom is -0.392 e. The lowest BCUT2D eigenvalue weighted by atomic mass is 10.00. The minimum atomic E-state index is -0.624. The molecule has 1 aliphatic rings. The first kappa shape index (κ1) is 17.8. The summed E-state index contributed by atoms with van der Waals surface area (Å²) in [5.41, 5.74) is -0.177.